The predicted octanol–water partition coefficient (Wildman–Crippen LogP) is 4.81. The molecule has 2 heterocycles. The molecule has 0 bridgehead atoms. The van der Waals surface area contributed by atoms with Gasteiger partial charge < -0.3 is 10.6 Å². The Hall–Kier alpha value is -3.12. The highest BCUT2D eigenvalue weighted by Gasteiger charge is 2.12. The van der Waals surface area contributed by atoms with Crippen molar-refractivity contribution < 1.29 is 0 Å². The number of halogens is 1. The molecule has 6 nitrogen and oxygen atoms in total. The molecule has 0 aliphatic heterocycles. The van der Waals surface area contributed by atoms with Gasteiger partial charge >= 0.3 is 0 Å². The average Bonchev–Trinajstić information content (AvgIpc) is 2.99. The second kappa shape index (κ2) is 6.65. The van der Waals surface area contributed by atoms with Crippen molar-refractivity contribution in [1.82, 2.24) is 19.7 Å². The molecule has 0 fully saturated rings. The van der Waals surface area contributed by atoms with Crippen molar-refractivity contribution in [2.24, 2.45) is 7.05 Å². The topological polar surface area (TPSA) is 67.7 Å². The van der Waals surface area contributed by atoms with Crippen LogP contribution in [0.2, 0.25) is 5.02 Å². The molecule has 0 saturated heterocycles. The largest absolute Gasteiger partial charge is 0.339 e. The highest BCUT2D eigenvalue weighted by atomic mass is 35.5. The zero-order valence-corrected chi connectivity index (χ0v) is 15.1. The van der Waals surface area contributed by atoms with Crippen LogP contribution in [0.1, 0.15) is 5.56 Å². The first-order valence-corrected chi connectivity index (χ1v) is 8.52. The van der Waals surface area contributed by atoms with Crippen LogP contribution in [-0.4, -0.2) is 19.7 Å². The molecule has 0 atom stereocenters. The number of anilines is 4. The second-order valence-corrected chi connectivity index (χ2v) is 6.46. The molecule has 2 aromatic heterocycles. The van der Waals surface area contributed by atoms with Gasteiger partial charge in [-0.1, -0.05) is 35.4 Å². The van der Waals surface area contributed by atoms with Gasteiger partial charge in [-0.25, -0.2) is 0 Å². The maximum Gasteiger partial charge on any atom is 0.231 e. The van der Waals surface area contributed by atoms with Crippen LogP contribution in [0, 0.1) is 6.92 Å². The Morgan fingerprint density at radius 3 is 2.54 bits per heavy atom. The Morgan fingerprint density at radius 1 is 0.962 bits per heavy atom. The summed E-state index contributed by atoms with van der Waals surface area (Å²) < 4.78 is 1.72. The Kier molecular flexibility index (Phi) is 4.18. The molecule has 0 radical (unpaired) electrons. The lowest BCUT2D eigenvalue weighted by molar-refractivity contribution is 0.786. The molecule has 4 aromatic rings. The van der Waals surface area contributed by atoms with E-state index in [4.69, 9.17) is 11.6 Å². The number of hydrogen-bond acceptors (Lipinski definition) is 5. The van der Waals surface area contributed by atoms with Gasteiger partial charge in [0.2, 0.25) is 5.95 Å². The van der Waals surface area contributed by atoms with Gasteiger partial charge in [0.25, 0.3) is 0 Å². The molecule has 0 aliphatic carbocycles. The minimum atomic E-state index is 0.495. The Morgan fingerprint density at radius 2 is 1.77 bits per heavy atom. The van der Waals surface area contributed by atoms with Crippen molar-refractivity contribution in [3.8, 4) is 0 Å². The summed E-state index contributed by atoms with van der Waals surface area (Å²) in [5.41, 5.74) is 3.70. The van der Waals surface area contributed by atoms with Gasteiger partial charge in [-0.05, 0) is 37.3 Å². The number of fused-ring (bicyclic) bond motifs is 1. The van der Waals surface area contributed by atoms with E-state index in [9.17, 15) is 0 Å². The lowest BCUT2D eigenvalue weighted by atomic mass is 10.2. The Labute approximate surface area is 155 Å². The van der Waals surface area contributed by atoms with Crippen LogP contribution < -0.4 is 10.6 Å². The highest BCUT2D eigenvalue weighted by molar-refractivity contribution is 6.30. The van der Waals surface area contributed by atoms with Gasteiger partial charge in [-0.2, -0.15) is 15.1 Å². The van der Waals surface area contributed by atoms with Gasteiger partial charge in [0, 0.05) is 23.4 Å². The monoisotopic (exact) mass is 364 g/mol. The molecule has 130 valence electrons. The molecule has 0 aliphatic rings. The zero-order chi connectivity index (χ0) is 18.1. The van der Waals surface area contributed by atoms with E-state index < -0.39 is 0 Å². The van der Waals surface area contributed by atoms with Crippen LogP contribution in [0.15, 0.2) is 54.7 Å². The SMILES string of the molecule is Cc1ccc(Nc2nc(Nc3cccc(Cl)c3)c3cnn(C)c3n2)cc1. The molecule has 0 saturated carbocycles. The highest BCUT2D eigenvalue weighted by Crippen LogP contribution is 2.27. The summed E-state index contributed by atoms with van der Waals surface area (Å²) in [6, 6.07) is 15.6. The summed E-state index contributed by atoms with van der Waals surface area (Å²) in [5, 5.41) is 12.3. The molecule has 26 heavy (non-hydrogen) atoms. The minimum absolute atomic E-state index is 0.495. The number of aromatic nitrogens is 4. The number of benzene rings is 2. The summed E-state index contributed by atoms with van der Waals surface area (Å²) in [6.07, 6.45) is 1.75. The van der Waals surface area contributed by atoms with Crippen molar-refractivity contribution in [3.63, 3.8) is 0 Å². The van der Waals surface area contributed by atoms with Crippen LogP contribution >= 0.6 is 11.6 Å². The van der Waals surface area contributed by atoms with Crippen molar-refractivity contribution >= 4 is 45.8 Å². The summed E-state index contributed by atoms with van der Waals surface area (Å²) in [7, 11) is 1.86. The van der Waals surface area contributed by atoms with E-state index >= 15 is 0 Å². The summed E-state index contributed by atoms with van der Waals surface area (Å²) in [6.45, 7) is 2.05. The fourth-order valence-electron chi connectivity index (χ4n) is 2.64. The standard InChI is InChI=1S/C19H17ClN6/c1-12-6-8-14(9-7-12)23-19-24-17(16-11-21-26(2)18(16)25-19)22-15-5-3-4-13(20)10-15/h3-11H,1-2H3,(H2,22,23,24,25). The molecule has 2 aromatic carbocycles. The molecule has 0 amide bonds. The maximum atomic E-state index is 6.08. The van der Waals surface area contributed by atoms with E-state index in [1.54, 1.807) is 10.9 Å². The van der Waals surface area contributed by atoms with E-state index in [0.29, 0.717) is 16.8 Å². The van der Waals surface area contributed by atoms with Gasteiger partial charge in [-0.15, -0.1) is 0 Å². The third kappa shape index (κ3) is 3.32. The molecule has 0 spiro atoms. The van der Waals surface area contributed by atoms with Crippen LogP contribution in [0.5, 0.6) is 0 Å². The third-order valence-electron chi connectivity index (χ3n) is 3.99. The zero-order valence-electron chi connectivity index (χ0n) is 14.4. The molecule has 0 unspecified atom stereocenters. The van der Waals surface area contributed by atoms with Crippen molar-refractivity contribution in [2.45, 2.75) is 6.92 Å². The third-order valence-corrected chi connectivity index (χ3v) is 4.22. The number of hydrogen-bond donors (Lipinski definition) is 2. The molecule has 7 heteroatoms. The summed E-state index contributed by atoms with van der Waals surface area (Å²) in [4.78, 5) is 9.21. The second-order valence-electron chi connectivity index (χ2n) is 6.03. The van der Waals surface area contributed by atoms with E-state index in [-0.39, 0.29) is 0 Å². The van der Waals surface area contributed by atoms with Crippen molar-refractivity contribution in [1.29, 1.82) is 0 Å². The van der Waals surface area contributed by atoms with Gasteiger partial charge in [0.05, 0.1) is 11.6 Å². The summed E-state index contributed by atoms with van der Waals surface area (Å²) >= 11 is 6.08. The number of rotatable bonds is 4. The van der Waals surface area contributed by atoms with Gasteiger partial charge in [0.15, 0.2) is 5.65 Å². The smallest absolute Gasteiger partial charge is 0.231 e. The quantitative estimate of drug-likeness (QED) is 0.543. The normalized spacial score (nSPS) is 10.9. The number of nitrogens with zero attached hydrogens (tertiary/aromatic N) is 4. The fourth-order valence-corrected chi connectivity index (χ4v) is 2.83. The fraction of sp³-hybridized carbons (Fsp3) is 0.105. The lowest BCUT2D eigenvalue weighted by Gasteiger charge is -2.11. The minimum Gasteiger partial charge on any atom is -0.339 e. The van der Waals surface area contributed by atoms with Gasteiger partial charge in [-0.3, -0.25) is 4.68 Å². The van der Waals surface area contributed by atoms with Crippen LogP contribution in [0.4, 0.5) is 23.1 Å². The summed E-state index contributed by atoms with van der Waals surface area (Å²) in [5.74, 6) is 1.16. The molecule has 2 N–H and O–H groups in total. The first-order chi connectivity index (χ1) is 12.6. The van der Waals surface area contributed by atoms with Crippen LogP contribution in [-0.2, 0) is 7.05 Å². The van der Waals surface area contributed by atoms with Crippen LogP contribution in [0.3, 0.4) is 0 Å². The number of aryl methyl sites for hydroxylation is 2. The Bertz CT molecular complexity index is 1070. The van der Waals surface area contributed by atoms with E-state index in [1.807, 2.05) is 55.6 Å². The Balaban J connectivity index is 1.74. The lowest BCUT2D eigenvalue weighted by Crippen LogP contribution is -2.03. The van der Waals surface area contributed by atoms with E-state index in [2.05, 4.69) is 32.6 Å². The first-order valence-electron chi connectivity index (χ1n) is 8.14. The van der Waals surface area contributed by atoms with Crippen molar-refractivity contribution in [3.05, 3.63) is 65.3 Å². The first kappa shape index (κ1) is 16.4. The molecular weight excluding hydrogens is 348 g/mol. The van der Waals surface area contributed by atoms with Gasteiger partial charge in [0.1, 0.15) is 5.82 Å². The van der Waals surface area contributed by atoms with Crippen molar-refractivity contribution in [2.75, 3.05) is 10.6 Å². The van der Waals surface area contributed by atoms with E-state index in [1.165, 1.54) is 5.56 Å². The number of nitrogens with one attached hydrogen (secondary N) is 2. The molecule has 4 rings (SSSR count). The maximum absolute atomic E-state index is 6.08. The van der Waals surface area contributed by atoms with E-state index in [0.717, 1.165) is 22.4 Å². The average molecular weight is 365 g/mol. The molecular formula is C19H17ClN6. The van der Waals surface area contributed by atoms with Crippen LogP contribution in [0.25, 0.3) is 11.0 Å². The predicted molar refractivity (Wildman–Crippen MR) is 106 cm³/mol.